The van der Waals surface area contributed by atoms with Crippen molar-refractivity contribution < 1.29 is 9.00 Å². The molecule has 1 amide bonds. The first kappa shape index (κ1) is 15.7. The van der Waals surface area contributed by atoms with E-state index in [4.69, 9.17) is 5.73 Å². The van der Waals surface area contributed by atoms with E-state index < -0.39 is 10.8 Å². The van der Waals surface area contributed by atoms with Crippen LogP contribution in [-0.2, 0) is 15.6 Å². The molecule has 0 radical (unpaired) electrons. The number of rotatable bonds is 5. The van der Waals surface area contributed by atoms with E-state index in [1.54, 1.807) is 12.1 Å². The molecule has 1 atom stereocenters. The van der Waals surface area contributed by atoms with Gasteiger partial charge < -0.3 is 11.1 Å². The fraction of sp³-hybridized carbons (Fsp3) is 0.500. The summed E-state index contributed by atoms with van der Waals surface area (Å²) in [7, 11) is -1.41. The number of nitrogens with one attached hydrogen (secondary N) is 1. The van der Waals surface area contributed by atoms with Crippen LogP contribution in [0.2, 0.25) is 0 Å². The van der Waals surface area contributed by atoms with Gasteiger partial charge in [0.05, 0.1) is 15.7 Å². The zero-order valence-corrected chi connectivity index (χ0v) is 12.8. The molecule has 0 saturated heterocycles. The SMILES string of the molecule is CCC(C)(C)NC(=O)CS(=O)c1cc(C)ccc1N. The molecular formula is C14H22N2O2S. The molecule has 0 saturated carbocycles. The van der Waals surface area contributed by atoms with Crippen molar-refractivity contribution >= 4 is 22.4 Å². The van der Waals surface area contributed by atoms with E-state index in [2.05, 4.69) is 5.32 Å². The van der Waals surface area contributed by atoms with E-state index in [-0.39, 0.29) is 17.2 Å². The lowest BCUT2D eigenvalue weighted by Crippen LogP contribution is -2.44. The number of hydrogen-bond donors (Lipinski definition) is 2. The lowest BCUT2D eigenvalue weighted by molar-refractivity contribution is -0.120. The molecule has 0 aliphatic carbocycles. The Morgan fingerprint density at radius 3 is 2.63 bits per heavy atom. The van der Waals surface area contributed by atoms with Crippen LogP contribution in [0.1, 0.15) is 32.8 Å². The second kappa shape index (κ2) is 6.19. The van der Waals surface area contributed by atoms with Crippen LogP contribution in [-0.4, -0.2) is 21.4 Å². The summed E-state index contributed by atoms with van der Waals surface area (Å²) in [5.41, 5.74) is 6.96. The van der Waals surface area contributed by atoms with Crippen molar-refractivity contribution in [2.24, 2.45) is 0 Å². The third-order valence-electron chi connectivity index (χ3n) is 3.04. The van der Waals surface area contributed by atoms with Crippen LogP contribution in [0.3, 0.4) is 0 Å². The number of benzene rings is 1. The second-order valence-corrected chi connectivity index (χ2v) is 6.74. The molecular weight excluding hydrogens is 260 g/mol. The fourth-order valence-electron chi connectivity index (χ4n) is 1.54. The van der Waals surface area contributed by atoms with Gasteiger partial charge in [0.15, 0.2) is 0 Å². The number of carbonyl (C=O) groups is 1. The van der Waals surface area contributed by atoms with Crippen LogP contribution >= 0.6 is 0 Å². The third kappa shape index (κ3) is 4.67. The van der Waals surface area contributed by atoms with Gasteiger partial charge in [0.2, 0.25) is 5.91 Å². The van der Waals surface area contributed by atoms with Crippen LogP contribution in [0.4, 0.5) is 5.69 Å². The van der Waals surface area contributed by atoms with Gasteiger partial charge in [-0.15, -0.1) is 0 Å². The molecule has 19 heavy (non-hydrogen) atoms. The minimum Gasteiger partial charge on any atom is -0.398 e. The van der Waals surface area contributed by atoms with Gasteiger partial charge in [-0.05, 0) is 44.9 Å². The quantitative estimate of drug-likeness (QED) is 0.811. The van der Waals surface area contributed by atoms with E-state index in [0.29, 0.717) is 10.6 Å². The predicted octanol–water partition coefficient (Wildman–Crippen LogP) is 1.99. The highest BCUT2D eigenvalue weighted by Gasteiger charge is 2.20. The average Bonchev–Trinajstić information content (AvgIpc) is 2.31. The third-order valence-corrected chi connectivity index (χ3v) is 4.41. The van der Waals surface area contributed by atoms with Crippen molar-refractivity contribution in [3.8, 4) is 0 Å². The van der Waals surface area contributed by atoms with Gasteiger partial charge in [-0.2, -0.15) is 0 Å². The summed E-state index contributed by atoms with van der Waals surface area (Å²) in [5, 5.41) is 2.87. The maximum atomic E-state index is 12.2. The van der Waals surface area contributed by atoms with Crippen molar-refractivity contribution in [3.05, 3.63) is 23.8 Å². The van der Waals surface area contributed by atoms with Crippen LogP contribution in [0, 0.1) is 6.92 Å². The van der Waals surface area contributed by atoms with Crippen molar-refractivity contribution in [1.82, 2.24) is 5.32 Å². The van der Waals surface area contributed by atoms with Gasteiger partial charge in [-0.25, -0.2) is 0 Å². The molecule has 1 aromatic carbocycles. The van der Waals surface area contributed by atoms with Crippen LogP contribution in [0.15, 0.2) is 23.1 Å². The molecule has 1 rings (SSSR count). The van der Waals surface area contributed by atoms with Crippen LogP contribution in [0.25, 0.3) is 0 Å². The summed E-state index contributed by atoms with van der Waals surface area (Å²) >= 11 is 0. The summed E-state index contributed by atoms with van der Waals surface area (Å²) in [6.07, 6.45) is 0.817. The molecule has 0 fully saturated rings. The van der Waals surface area contributed by atoms with Crippen molar-refractivity contribution in [2.75, 3.05) is 11.5 Å². The molecule has 0 aromatic heterocycles. The van der Waals surface area contributed by atoms with Gasteiger partial charge in [-0.1, -0.05) is 13.0 Å². The van der Waals surface area contributed by atoms with E-state index in [1.807, 2.05) is 33.8 Å². The number of carbonyl (C=O) groups excluding carboxylic acids is 1. The number of nitrogens with two attached hydrogens (primary N) is 1. The van der Waals surface area contributed by atoms with Gasteiger partial charge in [0.1, 0.15) is 5.75 Å². The summed E-state index contributed by atoms with van der Waals surface area (Å²) in [4.78, 5) is 12.4. The van der Waals surface area contributed by atoms with E-state index in [0.717, 1.165) is 12.0 Å². The molecule has 1 aromatic rings. The average molecular weight is 282 g/mol. The molecule has 0 spiro atoms. The van der Waals surface area contributed by atoms with Gasteiger partial charge in [-0.3, -0.25) is 9.00 Å². The molecule has 0 aliphatic heterocycles. The molecule has 3 N–H and O–H groups in total. The number of hydrogen-bond acceptors (Lipinski definition) is 3. The topological polar surface area (TPSA) is 72.2 Å². The Morgan fingerprint density at radius 2 is 2.05 bits per heavy atom. The summed E-state index contributed by atoms with van der Waals surface area (Å²) in [5.74, 6) is -0.275. The predicted molar refractivity (Wildman–Crippen MR) is 79.4 cm³/mol. The fourth-order valence-corrected chi connectivity index (χ4v) is 2.65. The van der Waals surface area contributed by atoms with Crippen LogP contribution < -0.4 is 11.1 Å². The highest BCUT2D eigenvalue weighted by Crippen LogP contribution is 2.18. The maximum Gasteiger partial charge on any atom is 0.233 e. The molecule has 106 valence electrons. The largest absolute Gasteiger partial charge is 0.398 e. The molecule has 0 heterocycles. The van der Waals surface area contributed by atoms with Crippen molar-refractivity contribution in [3.63, 3.8) is 0 Å². The Balaban J connectivity index is 2.75. The Labute approximate surface area is 117 Å². The Hall–Kier alpha value is -1.36. The zero-order chi connectivity index (χ0) is 14.6. The number of aryl methyl sites for hydroxylation is 1. The molecule has 0 bridgehead atoms. The molecule has 5 heteroatoms. The lowest BCUT2D eigenvalue weighted by Gasteiger charge is -2.24. The number of amides is 1. The second-order valence-electron chi connectivity index (χ2n) is 5.32. The monoisotopic (exact) mass is 282 g/mol. The Kier molecular flexibility index (Phi) is 5.11. The van der Waals surface area contributed by atoms with Crippen LogP contribution in [0.5, 0.6) is 0 Å². The van der Waals surface area contributed by atoms with E-state index >= 15 is 0 Å². The first-order chi connectivity index (χ1) is 8.75. The van der Waals surface area contributed by atoms with Gasteiger partial charge in [0.25, 0.3) is 0 Å². The standard InChI is InChI=1S/C14H22N2O2S/c1-5-14(3,4)16-13(17)9-19(18)12-8-10(2)6-7-11(12)15/h6-8H,5,9,15H2,1-4H3,(H,16,17). The highest BCUT2D eigenvalue weighted by atomic mass is 32.2. The minimum atomic E-state index is -1.41. The highest BCUT2D eigenvalue weighted by molar-refractivity contribution is 7.86. The Bertz CT molecular complexity index is 498. The Morgan fingerprint density at radius 1 is 1.42 bits per heavy atom. The number of nitrogen functional groups attached to an aromatic ring is 1. The van der Waals surface area contributed by atoms with E-state index in [9.17, 15) is 9.00 Å². The summed E-state index contributed by atoms with van der Waals surface area (Å²) in [6.45, 7) is 7.78. The number of anilines is 1. The molecule has 1 unspecified atom stereocenters. The van der Waals surface area contributed by atoms with Gasteiger partial charge >= 0.3 is 0 Å². The normalized spacial score (nSPS) is 13.1. The first-order valence-electron chi connectivity index (χ1n) is 6.30. The smallest absolute Gasteiger partial charge is 0.233 e. The zero-order valence-electron chi connectivity index (χ0n) is 11.9. The summed E-state index contributed by atoms with van der Waals surface area (Å²) in [6, 6.07) is 5.34. The molecule has 0 aliphatic rings. The molecule has 4 nitrogen and oxygen atoms in total. The van der Waals surface area contributed by atoms with E-state index in [1.165, 1.54) is 0 Å². The minimum absolute atomic E-state index is 0.0584. The van der Waals surface area contributed by atoms with Crippen molar-refractivity contribution in [1.29, 1.82) is 0 Å². The maximum absolute atomic E-state index is 12.2. The van der Waals surface area contributed by atoms with Gasteiger partial charge in [0, 0.05) is 11.2 Å². The lowest BCUT2D eigenvalue weighted by atomic mass is 10.0. The first-order valence-corrected chi connectivity index (χ1v) is 7.62. The summed E-state index contributed by atoms with van der Waals surface area (Å²) < 4.78 is 12.2. The van der Waals surface area contributed by atoms with Crippen molar-refractivity contribution in [2.45, 2.75) is 44.6 Å².